The fourth-order valence-corrected chi connectivity index (χ4v) is 2.45. The van der Waals surface area contributed by atoms with Crippen LogP contribution >= 0.6 is 0 Å². The van der Waals surface area contributed by atoms with Crippen molar-refractivity contribution in [1.29, 1.82) is 0 Å². The molecule has 0 fully saturated rings. The molecule has 0 radical (unpaired) electrons. The average molecular weight is 330 g/mol. The van der Waals surface area contributed by atoms with Crippen molar-refractivity contribution in [1.82, 2.24) is 0 Å². The summed E-state index contributed by atoms with van der Waals surface area (Å²) in [5.74, 6) is 0. The standard InChI is InChI=1S/C20H26O4/c1-15(21)19(22)20(24-14-18-11-7-4-8-12-18)16(2)23-13-17-9-5-3-6-10-17/h3-12,15-16,19-22H,13-14H2,1-2H3/t15-,16+,19+,20-/m0/s1. The van der Waals surface area contributed by atoms with E-state index in [0.29, 0.717) is 13.2 Å². The Labute approximate surface area is 143 Å². The molecule has 130 valence electrons. The molecular formula is C20H26O4. The van der Waals surface area contributed by atoms with Crippen molar-refractivity contribution >= 4 is 0 Å². The Morgan fingerprint density at radius 3 is 1.67 bits per heavy atom. The first-order chi connectivity index (χ1) is 11.6. The SMILES string of the molecule is C[C@H](O)[C@@H](O)[C@@H](OCc1ccccc1)[C@@H](C)OCc1ccccc1. The van der Waals surface area contributed by atoms with Crippen molar-refractivity contribution in [2.75, 3.05) is 0 Å². The normalized spacial score (nSPS) is 16.3. The molecule has 0 saturated heterocycles. The van der Waals surface area contributed by atoms with E-state index in [1.54, 1.807) is 6.92 Å². The second kappa shape index (κ2) is 9.55. The van der Waals surface area contributed by atoms with Gasteiger partial charge in [-0.15, -0.1) is 0 Å². The largest absolute Gasteiger partial charge is 0.391 e. The summed E-state index contributed by atoms with van der Waals surface area (Å²) in [7, 11) is 0. The third-order valence-electron chi connectivity index (χ3n) is 3.93. The number of hydrogen-bond donors (Lipinski definition) is 2. The third-order valence-corrected chi connectivity index (χ3v) is 3.93. The molecule has 0 aliphatic rings. The lowest BCUT2D eigenvalue weighted by Crippen LogP contribution is -2.45. The van der Waals surface area contributed by atoms with Crippen molar-refractivity contribution in [2.45, 2.75) is 51.5 Å². The molecule has 0 amide bonds. The second-order valence-corrected chi connectivity index (χ2v) is 5.99. The quantitative estimate of drug-likeness (QED) is 0.742. The van der Waals surface area contributed by atoms with Crippen LogP contribution < -0.4 is 0 Å². The van der Waals surface area contributed by atoms with E-state index in [0.717, 1.165) is 11.1 Å². The van der Waals surface area contributed by atoms with Crippen LogP contribution in [-0.2, 0) is 22.7 Å². The lowest BCUT2D eigenvalue weighted by Gasteiger charge is -2.30. The highest BCUT2D eigenvalue weighted by Gasteiger charge is 2.30. The number of hydrogen-bond acceptors (Lipinski definition) is 4. The molecular weight excluding hydrogens is 304 g/mol. The fraction of sp³-hybridized carbons (Fsp3) is 0.400. The molecule has 4 nitrogen and oxygen atoms in total. The topological polar surface area (TPSA) is 58.9 Å². The van der Waals surface area contributed by atoms with Gasteiger partial charge in [0.25, 0.3) is 0 Å². The Bertz CT molecular complexity index is 571. The van der Waals surface area contributed by atoms with Crippen LogP contribution in [0.15, 0.2) is 60.7 Å². The van der Waals surface area contributed by atoms with E-state index in [2.05, 4.69) is 0 Å². The molecule has 4 heteroatoms. The van der Waals surface area contributed by atoms with Gasteiger partial charge in [-0.3, -0.25) is 0 Å². The van der Waals surface area contributed by atoms with E-state index < -0.39 is 18.3 Å². The number of aliphatic hydroxyl groups is 2. The van der Waals surface area contributed by atoms with Crippen LogP contribution in [0.25, 0.3) is 0 Å². The minimum absolute atomic E-state index is 0.355. The first-order valence-electron chi connectivity index (χ1n) is 8.25. The molecule has 24 heavy (non-hydrogen) atoms. The molecule has 4 atom stereocenters. The maximum absolute atomic E-state index is 10.3. The van der Waals surface area contributed by atoms with E-state index in [-0.39, 0.29) is 6.10 Å². The average Bonchev–Trinajstić information content (AvgIpc) is 2.61. The Balaban J connectivity index is 1.96. The van der Waals surface area contributed by atoms with Gasteiger partial charge in [-0.25, -0.2) is 0 Å². The Morgan fingerprint density at radius 1 is 0.750 bits per heavy atom. The van der Waals surface area contributed by atoms with Gasteiger partial charge in [0.1, 0.15) is 12.2 Å². The van der Waals surface area contributed by atoms with Crippen LogP contribution in [0.1, 0.15) is 25.0 Å². The van der Waals surface area contributed by atoms with Crippen molar-refractivity contribution in [3.05, 3.63) is 71.8 Å². The third kappa shape index (κ3) is 5.73. The first-order valence-corrected chi connectivity index (χ1v) is 8.25. The summed E-state index contributed by atoms with van der Waals surface area (Å²) >= 11 is 0. The van der Waals surface area contributed by atoms with Gasteiger partial charge in [0.2, 0.25) is 0 Å². The first kappa shape index (κ1) is 18.6. The molecule has 0 spiro atoms. The van der Waals surface area contributed by atoms with Gasteiger partial charge in [0.15, 0.2) is 0 Å². The van der Waals surface area contributed by atoms with Gasteiger partial charge < -0.3 is 19.7 Å². The number of ether oxygens (including phenoxy) is 2. The molecule has 2 rings (SSSR count). The number of rotatable bonds is 9. The predicted octanol–water partition coefficient (Wildman–Crippen LogP) is 2.92. The van der Waals surface area contributed by atoms with E-state index in [9.17, 15) is 10.2 Å². The van der Waals surface area contributed by atoms with Gasteiger partial charge >= 0.3 is 0 Å². The molecule has 0 bridgehead atoms. The molecule has 0 aliphatic heterocycles. The van der Waals surface area contributed by atoms with Crippen LogP contribution in [0, 0.1) is 0 Å². The Kier molecular flexibility index (Phi) is 7.40. The van der Waals surface area contributed by atoms with Crippen LogP contribution in [0.5, 0.6) is 0 Å². The van der Waals surface area contributed by atoms with Crippen molar-refractivity contribution in [3.8, 4) is 0 Å². The Hall–Kier alpha value is -1.72. The van der Waals surface area contributed by atoms with Gasteiger partial charge in [0.05, 0.1) is 25.4 Å². The fourth-order valence-electron chi connectivity index (χ4n) is 2.45. The summed E-state index contributed by atoms with van der Waals surface area (Å²) in [6.07, 6.45) is -2.89. The zero-order chi connectivity index (χ0) is 17.4. The molecule has 0 aromatic heterocycles. The van der Waals surface area contributed by atoms with E-state index >= 15 is 0 Å². The van der Waals surface area contributed by atoms with E-state index in [1.807, 2.05) is 67.6 Å². The minimum atomic E-state index is -1.01. The van der Waals surface area contributed by atoms with Gasteiger partial charge in [-0.2, -0.15) is 0 Å². The van der Waals surface area contributed by atoms with Gasteiger partial charge in [-0.05, 0) is 25.0 Å². The lowest BCUT2D eigenvalue weighted by atomic mass is 10.0. The summed E-state index contributed by atoms with van der Waals surface area (Å²) in [5.41, 5.74) is 2.06. The summed E-state index contributed by atoms with van der Waals surface area (Å²) in [4.78, 5) is 0. The summed E-state index contributed by atoms with van der Waals surface area (Å²) in [6.45, 7) is 4.19. The van der Waals surface area contributed by atoms with Crippen molar-refractivity contribution in [3.63, 3.8) is 0 Å². The highest BCUT2D eigenvalue weighted by atomic mass is 16.5. The van der Waals surface area contributed by atoms with Gasteiger partial charge in [0, 0.05) is 0 Å². The van der Waals surface area contributed by atoms with Crippen molar-refractivity contribution in [2.24, 2.45) is 0 Å². The summed E-state index contributed by atoms with van der Waals surface area (Å²) in [6, 6.07) is 19.6. The van der Waals surface area contributed by atoms with Crippen LogP contribution in [0.3, 0.4) is 0 Å². The number of benzene rings is 2. The second-order valence-electron chi connectivity index (χ2n) is 5.99. The zero-order valence-electron chi connectivity index (χ0n) is 14.2. The predicted molar refractivity (Wildman–Crippen MR) is 93.4 cm³/mol. The highest BCUT2D eigenvalue weighted by Crippen LogP contribution is 2.16. The highest BCUT2D eigenvalue weighted by molar-refractivity contribution is 5.14. The molecule has 0 saturated carbocycles. The van der Waals surface area contributed by atoms with Crippen LogP contribution in [-0.4, -0.2) is 34.6 Å². The molecule has 2 aromatic rings. The molecule has 0 aliphatic carbocycles. The Morgan fingerprint density at radius 2 is 1.21 bits per heavy atom. The van der Waals surface area contributed by atoms with E-state index in [4.69, 9.17) is 9.47 Å². The molecule has 2 aromatic carbocycles. The molecule has 2 N–H and O–H groups in total. The molecule has 0 unspecified atom stereocenters. The van der Waals surface area contributed by atoms with E-state index in [1.165, 1.54) is 0 Å². The monoisotopic (exact) mass is 330 g/mol. The molecule has 0 heterocycles. The van der Waals surface area contributed by atoms with Gasteiger partial charge in [-0.1, -0.05) is 60.7 Å². The smallest absolute Gasteiger partial charge is 0.112 e. The zero-order valence-corrected chi connectivity index (χ0v) is 14.2. The maximum Gasteiger partial charge on any atom is 0.112 e. The summed E-state index contributed by atoms with van der Waals surface area (Å²) in [5, 5.41) is 20.0. The van der Waals surface area contributed by atoms with Crippen LogP contribution in [0.4, 0.5) is 0 Å². The lowest BCUT2D eigenvalue weighted by molar-refractivity contribution is -0.149. The maximum atomic E-state index is 10.3. The number of aliphatic hydroxyl groups excluding tert-OH is 2. The minimum Gasteiger partial charge on any atom is -0.391 e. The summed E-state index contributed by atoms with van der Waals surface area (Å²) < 4.78 is 11.7. The van der Waals surface area contributed by atoms with Crippen LogP contribution in [0.2, 0.25) is 0 Å². The van der Waals surface area contributed by atoms with Crippen molar-refractivity contribution < 1.29 is 19.7 Å².